The highest BCUT2D eigenvalue weighted by atomic mass is 16.6. The summed E-state index contributed by atoms with van der Waals surface area (Å²) in [5.74, 6) is -3.12. The number of rotatable bonds is 11. The van der Waals surface area contributed by atoms with Gasteiger partial charge < -0.3 is 9.47 Å². The number of esters is 4. The SMILES string of the molecule is C=C(C)C(=O)OC(=O)C(C)=CC(=CCC(CC)CCCC)C(=O)OC(=O)C(=C)C. The number of carbonyl (C=O) groups excluding carboxylic acids is 4. The number of allylic oxidation sites excluding steroid dienone is 1. The van der Waals surface area contributed by atoms with E-state index < -0.39 is 23.9 Å². The van der Waals surface area contributed by atoms with Gasteiger partial charge in [0.2, 0.25) is 0 Å². The van der Waals surface area contributed by atoms with E-state index in [2.05, 4.69) is 31.7 Å². The van der Waals surface area contributed by atoms with E-state index in [1.54, 1.807) is 6.08 Å². The molecular formula is C23H32O6. The average molecular weight is 405 g/mol. The van der Waals surface area contributed by atoms with Crippen molar-refractivity contribution in [1.29, 1.82) is 0 Å². The van der Waals surface area contributed by atoms with Crippen LogP contribution < -0.4 is 0 Å². The zero-order chi connectivity index (χ0) is 22.6. The summed E-state index contributed by atoms with van der Waals surface area (Å²) in [5.41, 5.74) is 0.230. The Labute approximate surface area is 173 Å². The van der Waals surface area contributed by atoms with Gasteiger partial charge in [0.15, 0.2) is 0 Å². The summed E-state index contributed by atoms with van der Waals surface area (Å²) < 4.78 is 9.46. The maximum Gasteiger partial charge on any atom is 0.345 e. The Morgan fingerprint density at radius 1 is 0.862 bits per heavy atom. The van der Waals surface area contributed by atoms with Crippen LogP contribution in [0.25, 0.3) is 0 Å². The molecule has 0 rings (SSSR count). The monoisotopic (exact) mass is 404 g/mol. The third-order valence-corrected chi connectivity index (χ3v) is 4.21. The highest BCUT2D eigenvalue weighted by molar-refractivity contribution is 6.05. The molecule has 0 aromatic carbocycles. The molecule has 29 heavy (non-hydrogen) atoms. The van der Waals surface area contributed by atoms with Gasteiger partial charge >= 0.3 is 23.9 Å². The summed E-state index contributed by atoms with van der Waals surface area (Å²) in [6, 6.07) is 0. The molecule has 0 amide bonds. The van der Waals surface area contributed by atoms with E-state index >= 15 is 0 Å². The molecule has 0 saturated heterocycles. The highest BCUT2D eigenvalue weighted by Crippen LogP contribution is 2.19. The smallest absolute Gasteiger partial charge is 0.345 e. The van der Waals surface area contributed by atoms with Crippen LogP contribution in [0.15, 0.2) is 47.6 Å². The minimum absolute atomic E-state index is 0.0205. The normalized spacial score (nSPS) is 12.7. The van der Waals surface area contributed by atoms with Gasteiger partial charge in [-0.25, -0.2) is 19.2 Å². The second-order valence-electron chi connectivity index (χ2n) is 7.05. The van der Waals surface area contributed by atoms with E-state index in [0.717, 1.165) is 25.7 Å². The van der Waals surface area contributed by atoms with E-state index in [0.29, 0.717) is 12.3 Å². The van der Waals surface area contributed by atoms with Crippen LogP contribution in [0.1, 0.15) is 66.7 Å². The Balaban J connectivity index is 5.62. The molecule has 0 aliphatic heterocycles. The summed E-state index contributed by atoms with van der Waals surface area (Å²) in [7, 11) is 0. The lowest BCUT2D eigenvalue weighted by atomic mass is 9.94. The van der Waals surface area contributed by atoms with E-state index in [1.807, 2.05) is 0 Å². The van der Waals surface area contributed by atoms with Crippen LogP contribution in [0, 0.1) is 5.92 Å². The van der Waals surface area contributed by atoms with Crippen LogP contribution in [-0.2, 0) is 28.7 Å². The van der Waals surface area contributed by atoms with Gasteiger partial charge in [-0.3, -0.25) is 0 Å². The molecule has 0 aromatic heterocycles. The maximum atomic E-state index is 12.4. The van der Waals surface area contributed by atoms with Crippen molar-refractivity contribution in [1.82, 2.24) is 0 Å². The van der Waals surface area contributed by atoms with Gasteiger partial charge in [0.05, 0.1) is 5.57 Å². The first kappa shape index (κ1) is 26.2. The van der Waals surface area contributed by atoms with Crippen molar-refractivity contribution in [2.75, 3.05) is 0 Å². The third kappa shape index (κ3) is 10.4. The summed E-state index contributed by atoms with van der Waals surface area (Å²) in [5, 5.41) is 0. The van der Waals surface area contributed by atoms with Crippen molar-refractivity contribution in [2.45, 2.75) is 66.7 Å². The van der Waals surface area contributed by atoms with Gasteiger partial charge in [-0.2, -0.15) is 0 Å². The number of carbonyl (C=O) groups is 4. The predicted octanol–water partition coefficient (Wildman–Crippen LogP) is 4.76. The quantitative estimate of drug-likeness (QED) is 0.214. The fourth-order valence-electron chi connectivity index (χ4n) is 2.25. The van der Waals surface area contributed by atoms with Crippen molar-refractivity contribution in [3.8, 4) is 0 Å². The molecule has 0 fully saturated rings. The highest BCUT2D eigenvalue weighted by Gasteiger charge is 2.19. The number of unbranched alkanes of at least 4 members (excludes halogenated alkanes) is 1. The largest absolute Gasteiger partial charge is 0.386 e. The van der Waals surface area contributed by atoms with Crippen LogP contribution >= 0.6 is 0 Å². The molecule has 1 unspecified atom stereocenters. The third-order valence-electron chi connectivity index (χ3n) is 4.21. The van der Waals surface area contributed by atoms with E-state index in [-0.39, 0.29) is 22.3 Å². The van der Waals surface area contributed by atoms with Gasteiger partial charge in [-0.1, -0.05) is 58.8 Å². The van der Waals surface area contributed by atoms with Crippen molar-refractivity contribution in [2.24, 2.45) is 5.92 Å². The van der Waals surface area contributed by atoms with Crippen molar-refractivity contribution in [3.63, 3.8) is 0 Å². The minimum Gasteiger partial charge on any atom is -0.386 e. The molecule has 0 radical (unpaired) electrons. The Kier molecular flexibility index (Phi) is 12.1. The summed E-state index contributed by atoms with van der Waals surface area (Å²) in [6.45, 7) is 15.3. The zero-order valence-corrected chi connectivity index (χ0v) is 18.1. The Hall–Kier alpha value is -2.76. The Bertz CT molecular complexity index is 724. The molecule has 0 heterocycles. The fraction of sp³-hybridized carbons (Fsp3) is 0.478. The number of hydrogen-bond donors (Lipinski definition) is 0. The standard InChI is InChI=1S/C23H32O6/c1-8-10-11-18(9-2)12-13-19(23(27)29-21(25)16(5)6)14-17(7)22(26)28-20(24)15(3)4/h13-14,18H,3,5,8-12H2,1-2,4,6-7H3. The van der Waals surface area contributed by atoms with Gasteiger partial charge in [0, 0.05) is 16.7 Å². The Morgan fingerprint density at radius 3 is 1.83 bits per heavy atom. The van der Waals surface area contributed by atoms with Crippen molar-refractivity contribution >= 4 is 23.9 Å². The molecule has 0 N–H and O–H groups in total. The first-order chi connectivity index (χ1) is 13.5. The fourth-order valence-corrected chi connectivity index (χ4v) is 2.25. The zero-order valence-electron chi connectivity index (χ0n) is 18.1. The topological polar surface area (TPSA) is 86.7 Å². The molecule has 0 spiro atoms. The van der Waals surface area contributed by atoms with Crippen LogP contribution in [0.5, 0.6) is 0 Å². The molecule has 0 aliphatic carbocycles. The predicted molar refractivity (Wildman–Crippen MR) is 112 cm³/mol. The molecule has 0 aromatic rings. The van der Waals surface area contributed by atoms with Crippen LogP contribution in [0.4, 0.5) is 0 Å². The molecule has 160 valence electrons. The van der Waals surface area contributed by atoms with Crippen molar-refractivity contribution in [3.05, 3.63) is 47.6 Å². The van der Waals surface area contributed by atoms with Gasteiger partial charge in [-0.05, 0) is 39.2 Å². The summed E-state index contributed by atoms with van der Waals surface area (Å²) in [4.78, 5) is 47.7. The van der Waals surface area contributed by atoms with Gasteiger partial charge in [0.25, 0.3) is 0 Å². The molecule has 6 heteroatoms. The molecular weight excluding hydrogens is 372 g/mol. The van der Waals surface area contributed by atoms with Crippen molar-refractivity contribution < 1.29 is 28.7 Å². The average Bonchev–Trinajstić information content (AvgIpc) is 2.66. The van der Waals surface area contributed by atoms with Gasteiger partial charge in [0.1, 0.15) is 0 Å². The lowest BCUT2D eigenvalue weighted by Crippen LogP contribution is -2.16. The molecule has 0 aliphatic rings. The molecule has 1 atom stereocenters. The first-order valence-corrected chi connectivity index (χ1v) is 9.75. The summed E-state index contributed by atoms with van der Waals surface area (Å²) in [6.07, 6.45) is 7.58. The Morgan fingerprint density at radius 2 is 1.38 bits per heavy atom. The second kappa shape index (κ2) is 13.4. The van der Waals surface area contributed by atoms with Crippen LogP contribution in [0.3, 0.4) is 0 Å². The molecule has 0 saturated carbocycles. The first-order valence-electron chi connectivity index (χ1n) is 9.75. The summed E-state index contributed by atoms with van der Waals surface area (Å²) >= 11 is 0. The van der Waals surface area contributed by atoms with Crippen LogP contribution in [-0.4, -0.2) is 23.9 Å². The number of hydrogen-bond acceptors (Lipinski definition) is 6. The van der Waals surface area contributed by atoms with E-state index in [4.69, 9.17) is 4.74 Å². The maximum absolute atomic E-state index is 12.4. The minimum atomic E-state index is -0.902. The lowest BCUT2D eigenvalue weighted by Gasteiger charge is -2.12. The number of ether oxygens (including phenoxy) is 2. The molecule has 6 nitrogen and oxygen atoms in total. The van der Waals surface area contributed by atoms with E-state index in [9.17, 15) is 19.2 Å². The van der Waals surface area contributed by atoms with Gasteiger partial charge in [-0.15, -0.1) is 0 Å². The van der Waals surface area contributed by atoms with E-state index in [1.165, 1.54) is 26.8 Å². The van der Waals surface area contributed by atoms with Crippen LogP contribution in [0.2, 0.25) is 0 Å². The lowest BCUT2D eigenvalue weighted by molar-refractivity contribution is -0.155. The molecule has 0 bridgehead atoms. The second-order valence-corrected chi connectivity index (χ2v) is 7.05.